The predicted molar refractivity (Wildman–Crippen MR) is 116 cm³/mol. The number of likely N-dealkylation sites (tertiary alicyclic amines) is 1. The van der Waals surface area contributed by atoms with E-state index in [9.17, 15) is 19.5 Å². The van der Waals surface area contributed by atoms with Crippen LogP contribution in [0.5, 0.6) is 0 Å². The van der Waals surface area contributed by atoms with Crippen LogP contribution in [-0.4, -0.2) is 53.7 Å². The number of H-pyrrole nitrogens is 1. The number of hydrogen-bond donors (Lipinski definition) is 2. The fourth-order valence-electron chi connectivity index (χ4n) is 4.34. The van der Waals surface area contributed by atoms with E-state index in [1.807, 2.05) is 31.2 Å². The van der Waals surface area contributed by atoms with Gasteiger partial charge in [0.05, 0.1) is 22.7 Å². The summed E-state index contributed by atoms with van der Waals surface area (Å²) in [5.41, 5.74) is -0.245. The highest BCUT2D eigenvalue weighted by Gasteiger charge is 2.40. The molecule has 0 radical (unpaired) electrons. The van der Waals surface area contributed by atoms with Gasteiger partial charge in [-0.2, -0.15) is 0 Å². The number of aromatic amines is 1. The molecule has 2 aromatic heterocycles. The van der Waals surface area contributed by atoms with Crippen molar-refractivity contribution in [1.29, 1.82) is 0 Å². The van der Waals surface area contributed by atoms with Crippen LogP contribution in [-0.2, 0) is 11.3 Å². The van der Waals surface area contributed by atoms with Gasteiger partial charge >= 0.3 is 5.69 Å². The van der Waals surface area contributed by atoms with Crippen LogP contribution in [0, 0.1) is 6.92 Å². The fourth-order valence-corrected chi connectivity index (χ4v) is 4.34. The topological polar surface area (TPSA) is 113 Å². The number of imidazole rings is 1. The van der Waals surface area contributed by atoms with Crippen molar-refractivity contribution >= 4 is 16.9 Å². The zero-order valence-corrected chi connectivity index (χ0v) is 17.7. The van der Waals surface area contributed by atoms with Gasteiger partial charge in [0.1, 0.15) is 5.82 Å². The van der Waals surface area contributed by atoms with Crippen molar-refractivity contribution in [2.75, 3.05) is 13.1 Å². The first-order valence-corrected chi connectivity index (χ1v) is 10.5. The van der Waals surface area contributed by atoms with E-state index in [-0.39, 0.29) is 12.5 Å². The van der Waals surface area contributed by atoms with E-state index in [0.29, 0.717) is 32.4 Å². The Balaban J connectivity index is 1.43. The van der Waals surface area contributed by atoms with Crippen LogP contribution in [0.25, 0.3) is 11.0 Å². The van der Waals surface area contributed by atoms with Gasteiger partial charge in [-0.1, -0.05) is 12.1 Å². The smallest absolute Gasteiger partial charge is 0.328 e. The van der Waals surface area contributed by atoms with Crippen LogP contribution in [0.1, 0.15) is 38.1 Å². The molecule has 1 aliphatic heterocycles. The second kappa shape index (κ2) is 8.14. The summed E-state index contributed by atoms with van der Waals surface area (Å²) in [6.07, 6.45) is 2.75. The van der Waals surface area contributed by atoms with E-state index in [2.05, 4.69) is 14.5 Å². The maximum absolute atomic E-state index is 12.9. The number of carbonyl (C=O) groups is 1. The van der Waals surface area contributed by atoms with E-state index >= 15 is 0 Å². The number of aryl methyl sites for hydroxylation is 2. The molecule has 31 heavy (non-hydrogen) atoms. The highest BCUT2D eigenvalue weighted by atomic mass is 16.3. The summed E-state index contributed by atoms with van der Waals surface area (Å²) in [5, 5.41) is 10.8. The Morgan fingerprint density at radius 1 is 1.29 bits per heavy atom. The molecule has 0 aliphatic carbocycles. The minimum absolute atomic E-state index is 0.0138. The molecule has 2 N–H and O–H groups in total. The quantitative estimate of drug-likeness (QED) is 0.638. The second-order valence-corrected chi connectivity index (χ2v) is 8.38. The Morgan fingerprint density at radius 2 is 2.06 bits per heavy atom. The lowest BCUT2D eigenvalue weighted by Crippen LogP contribution is -2.54. The number of aliphatic hydroxyl groups is 1. The van der Waals surface area contributed by atoms with Crippen molar-refractivity contribution in [3.05, 3.63) is 63.2 Å². The standard InChI is InChI=1S/C22H27N5O4/c1-15-23-16-6-3-4-7-17(16)26(15)11-5-8-20(29)25-13-10-22(2,31)18(14-25)27-12-9-19(28)24-21(27)30/h3-4,6-7,9,12,18,31H,5,8,10-11,13-14H2,1-2H3,(H,24,28,30)/t18-,22-/m1/s1. The summed E-state index contributed by atoms with van der Waals surface area (Å²) in [4.78, 5) is 45.0. The van der Waals surface area contributed by atoms with Crippen LogP contribution in [0.2, 0.25) is 0 Å². The monoisotopic (exact) mass is 425 g/mol. The average Bonchev–Trinajstić information content (AvgIpc) is 3.03. The molecule has 1 amide bonds. The maximum atomic E-state index is 12.9. The van der Waals surface area contributed by atoms with Gasteiger partial charge in [-0.05, 0) is 38.8 Å². The van der Waals surface area contributed by atoms with Crippen LogP contribution >= 0.6 is 0 Å². The van der Waals surface area contributed by atoms with Crippen molar-refractivity contribution in [2.45, 2.75) is 51.3 Å². The molecule has 0 spiro atoms. The summed E-state index contributed by atoms with van der Waals surface area (Å²) in [7, 11) is 0. The van der Waals surface area contributed by atoms with Crippen molar-refractivity contribution in [1.82, 2.24) is 24.0 Å². The second-order valence-electron chi connectivity index (χ2n) is 8.38. The largest absolute Gasteiger partial charge is 0.388 e. The van der Waals surface area contributed by atoms with Gasteiger partial charge in [-0.3, -0.25) is 19.1 Å². The predicted octanol–water partition coefficient (Wildman–Crippen LogP) is 1.20. The van der Waals surface area contributed by atoms with E-state index in [0.717, 1.165) is 16.9 Å². The summed E-state index contributed by atoms with van der Waals surface area (Å²) < 4.78 is 3.42. The number of rotatable bonds is 5. The molecule has 0 bridgehead atoms. The minimum Gasteiger partial charge on any atom is -0.388 e. The normalized spacial score (nSPS) is 21.5. The van der Waals surface area contributed by atoms with Crippen LogP contribution in [0.4, 0.5) is 0 Å². The Hall–Kier alpha value is -3.20. The van der Waals surface area contributed by atoms with Gasteiger partial charge in [0.15, 0.2) is 0 Å². The molecule has 0 unspecified atom stereocenters. The zero-order valence-electron chi connectivity index (χ0n) is 17.7. The van der Waals surface area contributed by atoms with Crippen LogP contribution in [0.15, 0.2) is 46.1 Å². The highest BCUT2D eigenvalue weighted by Crippen LogP contribution is 2.31. The maximum Gasteiger partial charge on any atom is 0.328 e. The summed E-state index contributed by atoms with van der Waals surface area (Å²) in [6, 6.07) is 8.55. The first-order valence-electron chi connectivity index (χ1n) is 10.5. The van der Waals surface area contributed by atoms with Gasteiger partial charge in [0.2, 0.25) is 5.91 Å². The molecular formula is C22H27N5O4. The third-order valence-corrected chi connectivity index (χ3v) is 6.16. The third kappa shape index (κ3) is 4.18. The number of fused-ring (bicyclic) bond motifs is 1. The number of benzene rings is 1. The molecule has 3 aromatic rings. The molecular weight excluding hydrogens is 398 g/mol. The van der Waals surface area contributed by atoms with Crippen LogP contribution in [0.3, 0.4) is 0 Å². The number of para-hydroxylation sites is 2. The SMILES string of the molecule is Cc1nc2ccccc2n1CCCC(=O)N1CC[C@@](C)(O)[C@H](n2ccc(=O)[nH]c2=O)C1. The van der Waals surface area contributed by atoms with E-state index in [1.54, 1.807) is 11.8 Å². The molecule has 9 nitrogen and oxygen atoms in total. The molecule has 2 atom stereocenters. The first kappa shape index (κ1) is 21.0. The van der Waals surface area contributed by atoms with Gasteiger partial charge in [0.25, 0.3) is 5.56 Å². The van der Waals surface area contributed by atoms with Crippen molar-refractivity contribution < 1.29 is 9.90 Å². The van der Waals surface area contributed by atoms with Gasteiger partial charge < -0.3 is 14.6 Å². The number of aromatic nitrogens is 4. The number of piperidine rings is 1. The first-order chi connectivity index (χ1) is 14.8. The van der Waals surface area contributed by atoms with Crippen LogP contribution < -0.4 is 11.2 Å². The Labute approximate surface area is 179 Å². The van der Waals surface area contributed by atoms with Gasteiger partial charge in [-0.25, -0.2) is 9.78 Å². The molecule has 1 fully saturated rings. The lowest BCUT2D eigenvalue weighted by Gasteiger charge is -2.43. The number of nitrogens with zero attached hydrogens (tertiary/aromatic N) is 4. The summed E-state index contributed by atoms with van der Waals surface area (Å²) >= 11 is 0. The summed E-state index contributed by atoms with van der Waals surface area (Å²) in [5.74, 6) is 0.903. The fraction of sp³-hybridized carbons (Fsp3) is 0.455. The molecule has 4 rings (SSSR count). The summed E-state index contributed by atoms with van der Waals surface area (Å²) in [6.45, 7) is 4.94. The molecule has 164 valence electrons. The molecule has 0 saturated carbocycles. The third-order valence-electron chi connectivity index (χ3n) is 6.16. The average molecular weight is 425 g/mol. The Kier molecular flexibility index (Phi) is 5.53. The van der Waals surface area contributed by atoms with Gasteiger partial charge in [0, 0.05) is 38.3 Å². The van der Waals surface area contributed by atoms with E-state index < -0.39 is 22.9 Å². The Bertz CT molecular complexity index is 1220. The number of hydrogen-bond acceptors (Lipinski definition) is 5. The Morgan fingerprint density at radius 3 is 2.84 bits per heavy atom. The molecule has 1 saturated heterocycles. The van der Waals surface area contributed by atoms with E-state index in [4.69, 9.17) is 0 Å². The van der Waals surface area contributed by atoms with Crippen molar-refractivity contribution in [3.63, 3.8) is 0 Å². The number of amides is 1. The minimum atomic E-state index is -1.16. The van der Waals surface area contributed by atoms with Gasteiger partial charge in [-0.15, -0.1) is 0 Å². The number of carbonyl (C=O) groups excluding carboxylic acids is 1. The van der Waals surface area contributed by atoms with Crippen molar-refractivity contribution in [3.8, 4) is 0 Å². The number of nitrogens with one attached hydrogen (secondary N) is 1. The molecule has 1 aliphatic rings. The highest BCUT2D eigenvalue weighted by molar-refractivity contribution is 5.77. The molecule has 1 aromatic carbocycles. The lowest BCUT2D eigenvalue weighted by atomic mass is 9.88. The molecule has 9 heteroatoms. The zero-order chi connectivity index (χ0) is 22.2. The van der Waals surface area contributed by atoms with E-state index in [1.165, 1.54) is 16.8 Å². The molecule has 3 heterocycles. The lowest BCUT2D eigenvalue weighted by molar-refractivity contribution is -0.138. The van der Waals surface area contributed by atoms with Crippen molar-refractivity contribution in [2.24, 2.45) is 0 Å².